The van der Waals surface area contributed by atoms with Gasteiger partial charge in [-0.15, -0.1) is 0 Å². The Morgan fingerprint density at radius 3 is 2.83 bits per heavy atom. The van der Waals surface area contributed by atoms with Crippen LogP contribution in [-0.2, 0) is 0 Å². The van der Waals surface area contributed by atoms with E-state index < -0.39 is 4.92 Å². The lowest BCUT2D eigenvalue weighted by atomic mass is 10.2. The van der Waals surface area contributed by atoms with Gasteiger partial charge in [-0.25, -0.2) is 4.98 Å². The minimum atomic E-state index is -0.497. The highest BCUT2D eigenvalue weighted by Crippen LogP contribution is 2.26. The quantitative estimate of drug-likeness (QED) is 0.612. The number of anilines is 1. The lowest BCUT2D eigenvalue weighted by Gasteiger charge is -2.22. The Bertz CT molecular complexity index is 429. The highest BCUT2D eigenvalue weighted by molar-refractivity contribution is 9.10. The van der Waals surface area contributed by atoms with Crippen LogP contribution in [0.4, 0.5) is 11.5 Å². The van der Waals surface area contributed by atoms with Crippen LogP contribution in [0.3, 0.4) is 0 Å². The van der Waals surface area contributed by atoms with Crippen molar-refractivity contribution in [3.63, 3.8) is 0 Å². The zero-order chi connectivity index (χ0) is 13.7. The van der Waals surface area contributed by atoms with Crippen molar-refractivity contribution in [2.75, 3.05) is 18.2 Å². The summed E-state index contributed by atoms with van der Waals surface area (Å²) in [5.41, 5.74) is -0.0661. The minimum absolute atomic E-state index is 0.00439. The van der Waals surface area contributed by atoms with Gasteiger partial charge in [0.15, 0.2) is 0 Å². The van der Waals surface area contributed by atoms with Gasteiger partial charge in [-0.2, -0.15) is 11.8 Å². The Morgan fingerprint density at radius 1 is 1.72 bits per heavy atom. The Labute approximate surface area is 117 Å². The fourth-order valence-electron chi connectivity index (χ4n) is 1.38. The molecule has 0 aromatic carbocycles. The Kier molecular flexibility index (Phi) is 5.83. The molecule has 1 aromatic heterocycles. The summed E-state index contributed by atoms with van der Waals surface area (Å²) >= 11 is 4.79. The lowest BCUT2D eigenvalue weighted by Crippen LogP contribution is -2.31. The molecule has 0 saturated heterocycles. The van der Waals surface area contributed by atoms with Gasteiger partial charge in [-0.1, -0.05) is 0 Å². The minimum Gasteiger partial charge on any atom is -0.395 e. The van der Waals surface area contributed by atoms with Gasteiger partial charge in [0.1, 0.15) is 12.0 Å². The predicted molar refractivity (Wildman–Crippen MR) is 76.1 cm³/mol. The molecule has 0 aliphatic heterocycles. The first-order chi connectivity index (χ1) is 8.49. The second kappa shape index (κ2) is 6.91. The Morgan fingerprint density at radius 2 is 2.39 bits per heavy atom. The van der Waals surface area contributed by atoms with Gasteiger partial charge in [-0.05, 0) is 29.1 Å². The maximum atomic E-state index is 10.6. The molecule has 0 saturated carbocycles. The van der Waals surface area contributed by atoms with Crippen LogP contribution in [0.2, 0.25) is 0 Å². The third-order valence-corrected chi connectivity index (χ3v) is 4.21. The molecule has 1 rings (SSSR count). The fraction of sp³-hybridized carbons (Fsp3) is 0.500. The smallest absolute Gasteiger partial charge is 0.288 e. The largest absolute Gasteiger partial charge is 0.395 e. The molecule has 6 nitrogen and oxygen atoms in total. The number of nitrogens with one attached hydrogen (secondary N) is 1. The number of nitro groups is 1. The summed E-state index contributed by atoms with van der Waals surface area (Å²) < 4.78 is 0.529. The molecule has 0 aliphatic rings. The van der Waals surface area contributed by atoms with Gasteiger partial charge in [-0.3, -0.25) is 10.1 Å². The molecule has 100 valence electrons. The van der Waals surface area contributed by atoms with E-state index in [1.165, 1.54) is 12.3 Å². The van der Waals surface area contributed by atoms with Crippen molar-refractivity contribution in [1.82, 2.24) is 4.98 Å². The number of aromatic nitrogens is 1. The van der Waals surface area contributed by atoms with Crippen LogP contribution in [0.5, 0.6) is 0 Å². The summed E-state index contributed by atoms with van der Waals surface area (Å²) in [6.07, 6.45) is 3.12. The molecule has 18 heavy (non-hydrogen) atoms. The molecular weight excluding hydrogens is 322 g/mol. The van der Waals surface area contributed by atoms with E-state index in [9.17, 15) is 15.2 Å². The van der Waals surface area contributed by atoms with E-state index >= 15 is 0 Å². The monoisotopic (exact) mass is 335 g/mol. The third kappa shape index (κ3) is 3.82. The SMILES string of the molecule is CSC(CO)C(C)Nc1ncc([N+](=O)[O-])cc1Br. The molecule has 1 heterocycles. The first-order valence-electron chi connectivity index (χ1n) is 5.19. The summed E-state index contributed by atoms with van der Waals surface area (Å²) in [5.74, 6) is 0.528. The van der Waals surface area contributed by atoms with Crippen molar-refractivity contribution in [3.8, 4) is 0 Å². The van der Waals surface area contributed by atoms with E-state index in [-0.39, 0.29) is 23.6 Å². The van der Waals surface area contributed by atoms with E-state index in [1.807, 2.05) is 13.2 Å². The average molecular weight is 336 g/mol. The van der Waals surface area contributed by atoms with E-state index in [1.54, 1.807) is 11.8 Å². The van der Waals surface area contributed by atoms with E-state index in [2.05, 4.69) is 26.2 Å². The zero-order valence-corrected chi connectivity index (χ0v) is 12.4. The molecule has 2 unspecified atom stereocenters. The third-order valence-electron chi connectivity index (χ3n) is 2.44. The number of hydrogen-bond donors (Lipinski definition) is 2. The molecule has 1 aromatic rings. The Hall–Kier alpha value is -0.860. The van der Waals surface area contributed by atoms with Crippen molar-refractivity contribution >= 4 is 39.2 Å². The fourth-order valence-corrected chi connectivity index (χ4v) is 2.46. The zero-order valence-electron chi connectivity index (χ0n) is 9.96. The average Bonchev–Trinajstić information content (AvgIpc) is 2.33. The highest BCUT2D eigenvalue weighted by atomic mass is 79.9. The molecule has 0 amide bonds. The standard InChI is InChI=1S/C10H14BrN3O3S/c1-6(9(5-15)18-2)13-10-8(11)3-7(4-12-10)14(16)17/h3-4,6,9,15H,5H2,1-2H3,(H,12,13). The van der Waals surface area contributed by atoms with Crippen molar-refractivity contribution in [2.24, 2.45) is 0 Å². The topological polar surface area (TPSA) is 88.3 Å². The predicted octanol–water partition coefficient (Wildman–Crippen LogP) is 2.28. The highest BCUT2D eigenvalue weighted by Gasteiger charge is 2.17. The molecule has 0 spiro atoms. The summed E-state index contributed by atoms with van der Waals surface area (Å²) in [6, 6.07) is 1.39. The normalized spacial score (nSPS) is 14.0. The number of aliphatic hydroxyl groups is 1. The van der Waals surface area contributed by atoms with Crippen molar-refractivity contribution in [2.45, 2.75) is 18.2 Å². The number of rotatable bonds is 6. The van der Waals surface area contributed by atoms with E-state index in [0.29, 0.717) is 10.3 Å². The van der Waals surface area contributed by atoms with Gasteiger partial charge in [0.05, 0.1) is 16.0 Å². The number of hydrogen-bond acceptors (Lipinski definition) is 6. The van der Waals surface area contributed by atoms with Crippen LogP contribution in [0.15, 0.2) is 16.7 Å². The van der Waals surface area contributed by atoms with Crippen LogP contribution in [-0.4, -0.2) is 39.2 Å². The van der Waals surface area contributed by atoms with Gasteiger partial charge < -0.3 is 10.4 Å². The summed E-state index contributed by atoms with van der Waals surface area (Å²) in [4.78, 5) is 14.1. The lowest BCUT2D eigenvalue weighted by molar-refractivity contribution is -0.385. The maximum Gasteiger partial charge on any atom is 0.288 e. The van der Waals surface area contributed by atoms with E-state index in [4.69, 9.17) is 0 Å². The van der Waals surface area contributed by atoms with Gasteiger partial charge in [0.2, 0.25) is 0 Å². The van der Waals surface area contributed by atoms with Crippen LogP contribution < -0.4 is 5.32 Å². The second-order valence-electron chi connectivity index (χ2n) is 3.67. The van der Waals surface area contributed by atoms with Crippen molar-refractivity contribution in [1.29, 1.82) is 0 Å². The van der Waals surface area contributed by atoms with Crippen LogP contribution in [0.25, 0.3) is 0 Å². The van der Waals surface area contributed by atoms with Crippen LogP contribution in [0.1, 0.15) is 6.92 Å². The van der Waals surface area contributed by atoms with Crippen molar-refractivity contribution < 1.29 is 10.0 Å². The first-order valence-corrected chi connectivity index (χ1v) is 7.27. The van der Waals surface area contributed by atoms with Gasteiger partial charge in [0.25, 0.3) is 5.69 Å². The molecule has 2 N–H and O–H groups in total. The molecule has 2 atom stereocenters. The van der Waals surface area contributed by atoms with Gasteiger partial charge in [0, 0.05) is 17.4 Å². The molecule has 0 radical (unpaired) electrons. The second-order valence-corrected chi connectivity index (χ2v) is 5.60. The molecule has 0 bridgehead atoms. The molecular formula is C10H14BrN3O3S. The molecule has 0 fully saturated rings. The van der Waals surface area contributed by atoms with Crippen LogP contribution in [0, 0.1) is 10.1 Å². The summed E-state index contributed by atoms with van der Waals surface area (Å²) in [6.45, 7) is 1.98. The van der Waals surface area contributed by atoms with Crippen LogP contribution >= 0.6 is 27.7 Å². The molecule has 8 heteroatoms. The Balaban J connectivity index is 2.82. The van der Waals surface area contributed by atoms with E-state index in [0.717, 1.165) is 0 Å². The first kappa shape index (κ1) is 15.2. The van der Waals surface area contributed by atoms with Gasteiger partial charge >= 0.3 is 0 Å². The number of thioether (sulfide) groups is 1. The number of aliphatic hydroxyl groups excluding tert-OH is 1. The summed E-state index contributed by atoms with van der Waals surface area (Å²) in [7, 11) is 0. The van der Waals surface area contributed by atoms with Crippen molar-refractivity contribution in [3.05, 3.63) is 26.9 Å². The maximum absolute atomic E-state index is 10.6. The number of pyridine rings is 1. The molecule has 0 aliphatic carbocycles. The number of nitrogens with zero attached hydrogens (tertiary/aromatic N) is 2. The summed E-state index contributed by atoms with van der Waals surface area (Å²) in [5, 5.41) is 22.9. The number of halogens is 1.